The molecule has 0 aromatic heterocycles. The molecule has 0 saturated carbocycles. The second kappa shape index (κ2) is 3.88. The third-order valence-electron chi connectivity index (χ3n) is 0.591. The molecule has 0 amide bonds. The summed E-state index contributed by atoms with van der Waals surface area (Å²) in [5.41, 5.74) is 0. The molecule has 0 aromatic rings. The normalized spacial score (nSPS) is 7.14. The van der Waals surface area contributed by atoms with Crippen LogP contribution in [-0.2, 0) is 0 Å². The van der Waals surface area contributed by atoms with Gasteiger partial charge in [0.15, 0.2) is 0 Å². The average Bonchev–Trinajstić information content (AvgIpc) is 1.68. The van der Waals surface area contributed by atoms with E-state index in [-0.39, 0.29) is 0 Å². The van der Waals surface area contributed by atoms with Crippen LogP contribution in [0.25, 0.3) is 0 Å². The maximum atomic E-state index is 3.60. The van der Waals surface area contributed by atoms with E-state index in [0.29, 0.717) is 0 Å². The van der Waals surface area contributed by atoms with Crippen LogP contribution < -0.4 is 0 Å². The molecule has 40 valence electrons. The quantitative estimate of drug-likeness (QED) is 0.361. The first kappa shape index (κ1) is 6.70. The van der Waals surface area contributed by atoms with E-state index in [0.717, 1.165) is 0 Å². The van der Waals surface area contributed by atoms with Gasteiger partial charge >= 0.3 is 0 Å². The Bertz CT molecular complexity index is 116. The van der Waals surface area contributed by atoms with Gasteiger partial charge in [-0.05, 0) is 19.2 Å². The standard InChI is InChI=1S/C6H10S/c1-4-6(3)7-5-2/h4-5H,1H2,2-3H3. The van der Waals surface area contributed by atoms with E-state index in [1.807, 2.05) is 25.3 Å². The largest absolute Gasteiger partial charge is 0.154 e. The summed E-state index contributed by atoms with van der Waals surface area (Å²) in [5.74, 6) is 0. The van der Waals surface area contributed by atoms with Crippen LogP contribution in [-0.4, -0.2) is 10.2 Å². The zero-order valence-corrected chi connectivity index (χ0v) is 5.59. The van der Waals surface area contributed by atoms with E-state index < -0.39 is 0 Å². The van der Waals surface area contributed by atoms with Gasteiger partial charge < -0.3 is 0 Å². The molecule has 0 heterocycles. The van der Waals surface area contributed by atoms with Crippen molar-refractivity contribution in [2.45, 2.75) is 13.8 Å². The van der Waals surface area contributed by atoms with Gasteiger partial charge in [0.05, 0.1) is 0 Å². The van der Waals surface area contributed by atoms with Crippen molar-refractivity contribution in [3.05, 3.63) is 12.7 Å². The Morgan fingerprint density at radius 3 is 2.43 bits per heavy atom. The van der Waals surface area contributed by atoms with Crippen molar-refractivity contribution < 1.29 is 0 Å². The fourth-order valence-corrected chi connectivity index (χ4v) is 0.702. The van der Waals surface area contributed by atoms with Gasteiger partial charge in [-0.25, -0.2) is 0 Å². The smallest absolute Gasteiger partial charge is 0.000456 e. The van der Waals surface area contributed by atoms with Gasteiger partial charge in [0.1, 0.15) is 0 Å². The fraction of sp³-hybridized carbons (Fsp3) is 0.333. The molecule has 0 unspecified atom stereocenters. The Kier molecular flexibility index (Phi) is 3.71. The van der Waals surface area contributed by atoms with E-state index >= 15 is 0 Å². The highest BCUT2D eigenvalue weighted by atomic mass is 32.1. The average molecular weight is 114 g/mol. The van der Waals surface area contributed by atoms with Crippen LogP contribution in [0, 0.1) is 0 Å². The molecule has 0 aliphatic rings. The van der Waals surface area contributed by atoms with Gasteiger partial charge in [-0.1, -0.05) is 12.7 Å². The Labute approximate surface area is 48.4 Å². The molecule has 0 aliphatic carbocycles. The van der Waals surface area contributed by atoms with Crippen LogP contribution in [0.2, 0.25) is 0 Å². The lowest BCUT2D eigenvalue weighted by Crippen LogP contribution is -1.72. The Hall–Kier alpha value is -0.300. The van der Waals surface area contributed by atoms with Crippen molar-refractivity contribution in [1.29, 1.82) is 0 Å². The highest BCUT2D eigenvalue weighted by Gasteiger charge is 1.66. The third kappa shape index (κ3) is 3.53. The summed E-state index contributed by atoms with van der Waals surface area (Å²) in [6, 6.07) is 0. The summed E-state index contributed by atoms with van der Waals surface area (Å²) < 4.78 is 0. The lowest BCUT2D eigenvalue weighted by atomic mass is 10.5. The second-order valence-corrected chi connectivity index (χ2v) is 2.52. The van der Waals surface area contributed by atoms with Crippen LogP contribution in [0.15, 0.2) is 12.7 Å². The predicted octanol–water partition coefficient (Wildman–Crippen LogP) is 1.92. The van der Waals surface area contributed by atoms with Crippen molar-refractivity contribution in [3.63, 3.8) is 0 Å². The molecule has 0 radical (unpaired) electrons. The Balaban J connectivity index is 4.00. The first-order chi connectivity index (χ1) is 3.31. The summed E-state index contributed by atoms with van der Waals surface area (Å²) in [5, 5.41) is 2.04. The van der Waals surface area contributed by atoms with Crippen LogP contribution in [0.5, 0.6) is 0 Å². The molecule has 0 saturated heterocycles. The SMILES string of the molecule is C=CC(C)=S=CC. The van der Waals surface area contributed by atoms with Crippen molar-refractivity contribution in [2.24, 2.45) is 0 Å². The monoisotopic (exact) mass is 114 g/mol. The Morgan fingerprint density at radius 2 is 2.29 bits per heavy atom. The van der Waals surface area contributed by atoms with E-state index in [2.05, 4.69) is 6.58 Å². The van der Waals surface area contributed by atoms with Gasteiger partial charge in [0, 0.05) is 4.86 Å². The zero-order valence-electron chi connectivity index (χ0n) is 4.77. The molecule has 0 N–H and O–H groups in total. The van der Waals surface area contributed by atoms with Crippen LogP contribution in [0.3, 0.4) is 0 Å². The summed E-state index contributed by atoms with van der Waals surface area (Å²) in [7, 11) is 1.70. The van der Waals surface area contributed by atoms with Crippen LogP contribution in [0.4, 0.5) is 0 Å². The molecule has 0 nitrogen and oxygen atoms in total. The van der Waals surface area contributed by atoms with E-state index in [9.17, 15) is 0 Å². The van der Waals surface area contributed by atoms with Crippen molar-refractivity contribution in [2.75, 3.05) is 0 Å². The molecule has 0 spiro atoms. The molecule has 0 atom stereocenters. The first-order valence-electron chi connectivity index (χ1n) is 2.21. The fourth-order valence-electron chi connectivity index (χ4n) is 0.234. The maximum Gasteiger partial charge on any atom is 0.000456 e. The maximum absolute atomic E-state index is 3.60. The molecular formula is C6H10S. The minimum Gasteiger partial charge on any atom is -0.154 e. The molecule has 0 rings (SSSR count). The molecule has 7 heavy (non-hydrogen) atoms. The molecule has 0 fully saturated rings. The molecular weight excluding hydrogens is 104 g/mol. The summed E-state index contributed by atoms with van der Waals surface area (Å²) in [4.78, 5) is 1.25. The summed E-state index contributed by atoms with van der Waals surface area (Å²) >= 11 is 0. The Morgan fingerprint density at radius 1 is 1.71 bits per heavy atom. The lowest BCUT2D eigenvalue weighted by Gasteiger charge is -1.74. The second-order valence-electron chi connectivity index (χ2n) is 1.17. The van der Waals surface area contributed by atoms with E-state index in [1.54, 1.807) is 10.9 Å². The van der Waals surface area contributed by atoms with E-state index in [4.69, 9.17) is 0 Å². The lowest BCUT2D eigenvalue weighted by molar-refractivity contribution is 2.01. The topological polar surface area (TPSA) is 0 Å². The highest BCUT2D eigenvalue weighted by molar-refractivity contribution is 7.97. The number of hydrogen-bond donors (Lipinski definition) is 0. The third-order valence-corrected chi connectivity index (χ3v) is 1.37. The van der Waals surface area contributed by atoms with Gasteiger partial charge in [0.25, 0.3) is 0 Å². The van der Waals surface area contributed by atoms with Crippen molar-refractivity contribution in [3.8, 4) is 0 Å². The van der Waals surface area contributed by atoms with Crippen molar-refractivity contribution >= 4 is 21.2 Å². The van der Waals surface area contributed by atoms with Gasteiger partial charge in [-0.15, -0.1) is 0 Å². The van der Waals surface area contributed by atoms with Crippen LogP contribution in [0.1, 0.15) is 13.8 Å². The summed E-state index contributed by atoms with van der Waals surface area (Å²) in [6.07, 6.45) is 1.85. The summed E-state index contributed by atoms with van der Waals surface area (Å²) in [6.45, 7) is 7.65. The van der Waals surface area contributed by atoms with Gasteiger partial charge in [-0.2, -0.15) is 10.9 Å². The van der Waals surface area contributed by atoms with E-state index in [1.165, 1.54) is 4.86 Å². The molecule has 0 bridgehead atoms. The number of allylic oxidation sites excluding steroid dienone is 1. The first-order valence-corrected chi connectivity index (χ1v) is 3.09. The van der Waals surface area contributed by atoms with Crippen molar-refractivity contribution in [1.82, 2.24) is 0 Å². The number of rotatable bonds is 1. The van der Waals surface area contributed by atoms with Gasteiger partial charge in [0.2, 0.25) is 0 Å². The molecule has 0 aliphatic heterocycles. The molecule has 1 heteroatoms. The van der Waals surface area contributed by atoms with Gasteiger partial charge in [-0.3, -0.25) is 0 Å². The number of hydrogen-bond acceptors (Lipinski definition) is 0. The predicted molar refractivity (Wildman–Crippen MR) is 40.2 cm³/mol. The minimum absolute atomic E-state index is 1.25. The highest BCUT2D eigenvalue weighted by Crippen LogP contribution is 1.77. The molecule has 0 aromatic carbocycles. The minimum atomic E-state index is 1.25. The van der Waals surface area contributed by atoms with Crippen LogP contribution >= 0.6 is 10.9 Å². The zero-order chi connectivity index (χ0) is 5.70.